The van der Waals surface area contributed by atoms with Crippen LogP contribution in [0.2, 0.25) is 0 Å². The second-order valence-corrected chi connectivity index (χ2v) is 7.99. The standard InChI is InChI=1S/C23H34N4O3/c1-7-24-22(26-14-23(6,29)20-12-16(4)30-17(20)5)25-13-18-8-10-19(11-9-18)27-21(28)15(2)3/h8-12,15,29H,7,13-14H2,1-6H3,(H,27,28)(H2,24,25,26). The fourth-order valence-electron chi connectivity index (χ4n) is 3.01. The van der Waals surface area contributed by atoms with Crippen molar-refractivity contribution in [2.24, 2.45) is 10.9 Å². The van der Waals surface area contributed by atoms with E-state index in [0.29, 0.717) is 31.4 Å². The van der Waals surface area contributed by atoms with Crippen LogP contribution in [0.5, 0.6) is 0 Å². The third kappa shape index (κ3) is 6.62. The van der Waals surface area contributed by atoms with Crippen LogP contribution >= 0.6 is 0 Å². The van der Waals surface area contributed by atoms with Gasteiger partial charge >= 0.3 is 0 Å². The van der Waals surface area contributed by atoms with E-state index < -0.39 is 5.60 Å². The van der Waals surface area contributed by atoms with E-state index >= 15 is 0 Å². The van der Waals surface area contributed by atoms with Gasteiger partial charge in [-0.25, -0.2) is 4.99 Å². The lowest BCUT2D eigenvalue weighted by atomic mass is 9.96. The number of nitrogens with zero attached hydrogens (tertiary/aromatic N) is 1. The molecule has 0 aliphatic heterocycles. The molecule has 1 aromatic heterocycles. The van der Waals surface area contributed by atoms with Crippen LogP contribution < -0.4 is 16.0 Å². The Bertz CT molecular complexity index is 867. The van der Waals surface area contributed by atoms with Gasteiger partial charge in [-0.3, -0.25) is 4.79 Å². The van der Waals surface area contributed by atoms with Gasteiger partial charge in [0.2, 0.25) is 5.91 Å². The summed E-state index contributed by atoms with van der Waals surface area (Å²) >= 11 is 0. The maximum atomic E-state index is 11.8. The quantitative estimate of drug-likeness (QED) is 0.392. The van der Waals surface area contributed by atoms with Crippen LogP contribution in [0.25, 0.3) is 0 Å². The van der Waals surface area contributed by atoms with Crippen molar-refractivity contribution in [1.29, 1.82) is 0 Å². The number of benzene rings is 1. The highest BCUT2D eigenvalue weighted by atomic mass is 16.3. The minimum atomic E-state index is -1.09. The number of carbonyl (C=O) groups excluding carboxylic acids is 1. The molecule has 0 spiro atoms. The molecular formula is C23H34N4O3. The van der Waals surface area contributed by atoms with E-state index in [2.05, 4.69) is 20.9 Å². The van der Waals surface area contributed by atoms with E-state index in [0.717, 1.165) is 22.6 Å². The van der Waals surface area contributed by atoms with Crippen LogP contribution in [0.1, 0.15) is 50.3 Å². The molecule has 7 heteroatoms. The summed E-state index contributed by atoms with van der Waals surface area (Å²) in [5.74, 6) is 2.04. The molecule has 1 aromatic carbocycles. The van der Waals surface area contributed by atoms with Crippen molar-refractivity contribution in [3.8, 4) is 0 Å². The van der Waals surface area contributed by atoms with Crippen LogP contribution in [-0.4, -0.2) is 30.1 Å². The molecule has 2 aromatic rings. The Labute approximate surface area is 179 Å². The van der Waals surface area contributed by atoms with Crippen molar-refractivity contribution in [3.05, 3.63) is 53.0 Å². The third-order valence-electron chi connectivity index (χ3n) is 4.73. The summed E-state index contributed by atoms with van der Waals surface area (Å²) in [7, 11) is 0. The smallest absolute Gasteiger partial charge is 0.226 e. The van der Waals surface area contributed by atoms with Crippen molar-refractivity contribution < 1.29 is 14.3 Å². The van der Waals surface area contributed by atoms with Gasteiger partial charge in [-0.1, -0.05) is 26.0 Å². The van der Waals surface area contributed by atoms with Gasteiger partial charge in [0, 0.05) is 23.7 Å². The zero-order valence-electron chi connectivity index (χ0n) is 18.8. The zero-order chi connectivity index (χ0) is 22.3. The topological polar surface area (TPSA) is 98.9 Å². The fourth-order valence-corrected chi connectivity index (χ4v) is 3.01. The second kappa shape index (κ2) is 10.3. The molecule has 0 saturated heterocycles. The van der Waals surface area contributed by atoms with Gasteiger partial charge in [-0.15, -0.1) is 0 Å². The van der Waals surface area contributed by atoms with Crippen LogP contribution in [0, 0.1) is 19.8 Å². The fraction of sp³-hybridized carbons (Fsp3) is 0.478. The number of aliphatic imine (C=N–C) groups is 1. The summed E-state index contributed by atoms with van der Waals surface area (Å²) in [6, 6.07) is 9.49. The summed E-state index contributed by atoms with van der Waals surface area (Å²) in [5, 5.41) is 20.2. The molecule has 0 bridgehead atoms. The minimum Gasteiger partial charge on any atom is -0.466 e. The monoisotopic (exact) mass is 414 g/mol. The number of furan rings is 1. The molecule has 0 aliphatic carbocycles. The highest BCUT2D eigenvalue weighted by molar-refractivity contribution is 5.92. The highest BCUT2D eigenvalue weighted by Crippen LogP contribution is 2.26. The molecule has 7 nitrogen and oxygen atoms in total. The Kier molecular flexibility index (Phi) is 8.06. The first kappa shape index (κ1) is 23.5. The molecule has 1 atom stereocenters. The van der Waals surface area contributed by atoms with E-state index in [-0.39, 0.29) is 11.8 Å². The minimum absolute atomic E-state index is 0.00508. The normalized spacial score (nSPS) is 13.8. The van der Waals surface area contributed by atoms with E-state index in [1.807, 2.05) is 65.0 Å². The lowest BCUT2D eigenvalue weighted by Gasteiger charge is -2.24. The summed E-state index contributed by atoms with van der Waals surface area (Å²) in [6.45, 7) is 12.7. The molecule has 0 saturated carbocycles. The molecule has 0 radical (unpaired) electrons. The molecule has 4 N–H and O–H groups in total. The Morgan fingerprint density at radius 2 is 1.87 bits per heavy atom. The number of anilines is 1. The summed E-state index contributed by atoms with van der Waals surface area (Å²) < 4.78 is 5.55. The molecular weight excluding hydrogens is 380 g/mol. The summed E-state index contributed by atoms with van der Waals surface area (Å²) in [6.07, 6.45) is 0. The van der Waals surface area contributed by atoms with Gasteiger partial charge in [-0.2, -0.15) is 0 Å². The van der Waals surface area contributed by atoms with Gasteiger partial charge in [0.05, 0.1) is 13.1 Å². The first-order chi connectivity index (χ1) is 14.1. The number of carbonyl (C=O) groups is 1. The summed E-state index contributed by atoms with van der Waals surface area (Å²) in [4.78, 5) is 16.4. The van der Waals surface area contributed by atoms with Crippen LogP contribution in [0.4, 0.5) is 5.69 Å². The number of aryl methyl sites for hydroxylation is 2. The van der Waals surface area contributed by atoms with Gasteiger partial charge < -0.3 is 25.5 Å². The largest absolute Gasteiger partial charge is 0.466 e. The number of nitrogens with one attached hydrogen (secondary N) is 3. The number of hydrogen-bond donors (Lipinski definition) is 4. The number of hydrogen-bond acceptors (Lipinski definition) is 4. The van der Waals surface area contributed by atoms with Crippen molar-refractivity contribution in [1.82, 2.24) is 10.6 Å². The van der Waals surface area contributed by atoms with Crippen LogP contribution in [0.3, 0.4) is 0 Å². The van der Waals surface area contributed by atoms with Gasteiger partial charge in [0.15, 0.2) is 5.96 Å². The van der Waals surface area contributed by atoms with Crippen molar-refractivity contribution in [2.45, 2.75) is 53.7 Å². The molecule has 0 aliphatic rings. The average Bonchev–Trinajstić information content (AvgIpc) is 3.04. The Morgan fingerprint density at radius 3 is 2.40 bits per heavy atom. The van der Waals surface area contributed by atoms with Gasteiger partial charge in [0.25, 0.3) is 0 Å². The first-order valence-corrected chi connectivity index (χ1v) is 10.3. The Hall–Kier alpha value is -2.80. The summed E-state index contributed by atoms with van der Waals surface area (Å²) in [5.41, 5.74) is 1.47. The lowest BCUT2D eigenvalue weighted by molar-refractivity contribution is -0.118. The number of rotatable bonds is 8. The Morgan fingerprint density at radius 1 is 1.20 bits per heavy atom. The Balaban J connectivity index is 2.00. The highest BCUT2D eigenvalue weighted by Gasteiger charge is 2.27. The predicted octanol–water partition coefficient (Wildman–Crippen LogP) is 3.45. The number of aliphatic hydroxyl groups is 1. The maximum Gasteiger partial charge on any atom is 0.226 e. The van der Waals surface area contributed by atoms with Crippen LogP contribution in [-0.2, 0) is 16.9 Å². The third-order valence-corrected chi connectivity index (χ3v) is 4.73. The molecule has 1 heterocycles. The van der Waals surface area contributed by atoms with Crippen molar-refractivity contribution in [2.75, 3.05) is 18.4 Å². The number of guanidine groups is 1. The van der Waals surface area contributed by atoms with E-state index in [1.165, 1.54) is 0 Å². The molecule has 30 heavy (non-hydrogen) atoms. The maximum absolute atomic E-state index is 11.8. The molecule has 1 amide bonds. The number of amides is 1. The SMILES string of the molecule is CCNC(=NCc1ccc(NC(=O)C(C)C)cc1)NCC(C)(O)c1cc(C)oc1C. The van der Waals surface area contributed by atoms with Crippen molar-refractivity contribution >= 4 is 17.6 Å². The molecule has 1 unspecified atom stereocenters. The molecule has 164 valence electrons. The molecule has 2 rings (SSSR count). The van der Waals surface area contributed by atoms with Gasteiger partial charge in [0.1, 0.15) is 17.1 Å². The van der Waals surface area contributed by atoms with Crippen LogP contribution in [0.15, 0.2) is 39.7 Å². The average molecular weight is 415 g/mol. The van der Waals surface area contributed by atoms with E-state index in [4.69, 9.17) is 4.42 Å². The second-order valence-electron chi connectivity index (χ2n) is 7.99. The lowest BCUT2D eigenvalue weighted by Crippen LogP contribution is -2.44. The predicted molar refractivity (Wildman–Crippen MR) is 120 cm³/mol. The van der Waals surface area contributed by atoms with E-state index in [1.54, 1.807) is 6.92 Å². The first-order valence-electron chi connectivity index (χ1n) is 10.3. The van der Waals surface area contributed by atoms with Crippen molar-refractivity contribution in [3.63, 3.8) is 0 Å². The van der Waals surface area contributed by atoms with Gasteiger partial charge in [-0.05, 0) is 51.5 Å². The molecule has 0 fully saturated rings. The zero-order valence-corrected chi connectivity index (χ0v) is 18.8. The van der Waals surface area contributed by atoms with E-state index in [9.17, 15) is 9.90 Å².